The van der Waals surface area contributed by atoms with Crippen molar-refractivity contribution in [3.8, 4) is 33.8 Å². The zero-order valence-electron chi connectivity index (χ0n) is 23.5. The van der Waals surface area contributed by atoms with Crippen molar-refractivity contribution in [3.05, 3.63) is 124 Å². The van der Waals surface area contributed by atoms with Gasteiger partial charge in [0.05, 0.1) is 41.1 Å². The molecule has 5 rings (SSSR count). The van der Waals surface area contributed by atoms with E-state index in [4.69, 9.17) is 21.1 Å². The second-order valence-electron chi connectivity index (χ2n) is 9.94. The molecule has 0 radical (unpaired) electrons. The first-order valence-electron chi connectivity index (χ1n) is 13.4. The third-order valence-corrected chi connectivity index (χ3v) is 7.27. The SMILES string of the molecule is COc1cc(C(Cc2ccccc2)n2cc(-c3ccc(C(=O)O)cc3)cn2)[n+]([O-])cc1-c1c(OCC(F)(F)F)ccc(Cl)c1F. The summed E-state index contributed by atoms with van der Waals surface area (Å²) in [5.74, 6) is -2.65. The van der Waals surface area contributed by atoms with Gasteiger partial charge in [-0.2, -0.15) is 23.0 Å². The van der Waals surface area contributed by atoms with E-state index in [-0.39, 0.29) is 29.0 Å². The van der Waals surface area contributed by atoms with Crippen molar-refractivity contribution in [1.29, 1.82) is 0 Å². The maximum absolute atomic E-state index is 15.4. The number of aromatic nitrogens is 3. The number of ether oxygens (including phenoxy) is 2. The van der Waals surface area contributed by atoms with Gasteiger partial charge in [0.2, 0.25) is 5.69 Å². The van der Waals surface area contributed by atoms with Crippen molar-refractivity contribution in [1.82, 2.24) is 9.78 Å². The van der Waals surface area contributed by atoms with Crippen LogP contribution < -0.4 is 14.2 Å². The molecule has 8 nitrogen and oxygen atoms in total. The number of carbonyl (C=O) groups is 1. The van der Waals surface area contributed by atoms with Gasteiger partial charge in [-0.3, -0.25) is 4.68 Å². The molecule has 1 N–H and O–H groups in total. The molecule has 0 bridgehead atoms. The lowest BCUT2D eigenvalue weighted by atomic mass is 9.99. The monoisotopic (exact) mass is 641 g/mol. The number of carboxylic acid groups (broad SMARTS) is 1. The highest BCUT2D eigenvalue weighted by molar-refractivity contribution is 6.31. The first-order chi connectivity index (χ1) is 21.4. The van der Waals surface area contributed by atoms with E-state index < -0.39 is 46.9 Å². The molecule has 5 aromatic rings. The van der Waals surface area contributed by atoms with Crippen LogP contribution in [0.2, 0.25) is 5.02 Å². The van der Waals surface area contributed by atoms with Gasteiger partial charge >= 0.3 is 12.1 Å². The largest absolute Gasteiger partial charge is 0.618 e. The van der Waals surface area contributed by atoms with E-state index in [2.05, 4.69) is 5.10 Å². The summed E-state index contributed by atoms with van der Waals surface area (Å²) >= 11 is 5.97. The van der Waals surface area contributed by atoms with Crippen molar-refractivity contribution in [2.75, 3.05) is 13.7 Å². The van der Waals surface area contributed by atoms with Gasteiger partial charge in [0.25, 0.3) is 0 Å². The van der Waals surface area contributed by atoms with Gasteiger partial charge in [-0.05, 0) is 35.4 Å². The third kappa shape index (κ3) is 7.01. The lowest BCUT2D eigenvalue weighted by Gasteiger charge is -2.20. The standard InChI is InChI=1S/C32H24ClF4N3O5/c1-44-28-14-26(40(43)17-23(28)29-27(45-18-32(35,36)37)12-11-24(33)30(29)34)25(13-19-5-3-2-4-6-19)39-16-22(15-38-39)20-7-9-21(10-8-20)31(41)42/h2-12,14-17,25H,13,18H2,1H3,(H,41,42). The number of benzene rings is 3. The number of carboxylic acids is 1. The molecular formula is C32H24ClF4N3O5. The summed E-state index contributed by atoms with van der Waals surface area (Å²) in [5, 5.41) is 27.0. The maximum Gasteiger partial charge on any atom is 0.422 e. The first kappa shape index (κ1) is 31.3. The van der Waals surface area contributed by atoms with Crippen LogP contribution in [0.1, 0.15) is 27.7 Å². The third-order valence-electron chi connectivity index (χ3n) is 6.98. The molecule has 0 fully saturated rings. The average Bonchev–Trinajstić information content (AvgIpc) is 3.51. The lowest BCUT2D eigenvalue weighted by molar-refractivity contribution is -0.615. The van der Waals surface area contributed by atoms with Gasteiger partial charge < -0.3 is 19.8 Å². The van der Waals surface area contributed by atoms with Crippen LogP contribution in [0, 0.1) is 11.0 Å². The van der Waals surface area contributed by atoms with Crippen molar-refractivity contribution in [2.45, 2.75) is 18.6 Å². The van der Waals surface area contributed by atoms with Gasteiger partial charge in [0.1, 0.15) is 17.5 Å². The van der Waals surface area contributed by atoms with Gasteiger partial charge in [-0.25, -0.2) is 9.18 Å². The number of nitrogens with zero attached hydrogens (tertiary/aromatic N) is 3. The molecule has 232 valence electrons. The van der Waals surface area contributed by atoms with E-state index in [1.165, 1.54) is 25.3 Å². The summed E-state index contributed by atoms with van der Waals surface area (Å²) in [4.78, 5) is 11.3. The summed E-state index contributed by atoms with van der Waals surface area (Å²) in [6.07, 6.45) is -0.151. The highest BCUT2D eigenvalue weighted by Gasteiger charge is 2.32. The van der Waals surface area contributed by atoms with Gasteiger partial charge in [0.15, 0.2) is 18.6 Å². The fourth-order valence-electron chi connectivity index (χ4n) is 4.83. The molecule has 13 heteroatoms. The van der Waals surface area contributed by atoms with Crippen molar-refractivity contribution in [2.24, 2.45) is 0 Å². The predicted molar refractivity (Wildman–Crippen MR) is 157 cm³/mol. The molecule has 0 saturated heterocycles. The van der Waals surface area contributed by atoms with Crippen LogP contribution in [0.3, 0.4) is 0 Å². The minimum atomic E-state index is -4.70. The Hall–Kier alpha value is -5.10. The number of halogens is 5. The summed E-state index contributed by atoms with van der Waals surface area (Å²) in [6.45, 7) is -1.70. The molecule has 0 saturated carbocycles. The number of aromatic carboxylic acids is 1. The second-order valence-corrected chi connectivity index (χ2v) is 10.3. The van der Waals surface area contributed by atoms with Crippen molar-refractivity contribution in [3.63, 3.8) is 0 Å². The second kappa shape index (κ2) is 12.9. The molecule has 45 heavy (non-hydrogen) atoms. The first-order valence-corrected chi connectivity index (χ1v) is 13.7. The Morgan fingerprint density at radius 1 is 1.07 bits per heavy atom. The zero-order valence-corrected chi connectivity index (χ0v) is 24.2. The maximum atomic E-state index is 15.4. The van der Waals surface area contributed by atoms with Crippen molar-refractivity contribution < 1.29 is 41.7 Å². The number of alkyl halides is 3. The van der Waals surface area contributed by atoms with Crippen LogP contribution in [0.5, 0.6) is 11.5 Å². The number of hydrogen-bond donors (Lipinski definition) is 1. The van der Waals surface area contributed by atoms with E-state index in [9.17, 15) is 28.3 Å². The molecule has 1 atom stereocenters. The highest BCUT2D eigenvalue weighted by atomic mass is 35.5. The van der Waals surface area contributed by atoms with Crippen LogP contribution in [0.4, 0.5) is 17.6 Å². The Morgan fingerprint density at radius 3 is 2.42 bits per heavy atom. The van der Waals surface area contributed by atoms with Crippen LogP contribution in [-0.2, 0) is 6.42 Å². The average molecular weight is 642 g/mol. The number of methoxy groups -OCH3 is 1. The lowest BCUT2D eigenvalue weighted by Crippen LogP contribution is -2.36. The predicted octanol–water partition coefficient (Wildman–Crippen LogP) is 7.12. The van der Waals surface area contributed by atoms with Crippen LogP contribution in [-0.4, -0.2) is 40.7 Å². The molecule has 2 heterocycles. The Morgan fingerprint density at radius 2 is 1.78 bits per heavy atom. The van der Waals surface area contributed by atoms with E-state index in [1.807, 2.05) is 30.3 Å². The molecule has 3 aromatic carbocycles. The Kier molecular flexibility index (Phi) is 8.96. The summed E-state index contributed by atoms with van der Waals surface area (Å²) in [5.41, 5.74) is 1.81. The molecule has 0 amide bonds. The Labute approximate surface area is 259 Å². The minimum absolute atomic E-state index is 0.0233. The molecule has 0 aliphatic carbocycles. The fourth-order valence-corrected chi connectivity index (χ4v) is 4.99. The molecular weight excluding hydrogens is 618 g/mol. The van der Waals surface area contributed by atoms with Gasteiger partial charge in [-0.15, -0.1) is 0 Å². The van der Waals surface area contributed by atoms with E-state index in [1.54, 1.807) is 29.2 Å². The smallest absolute Gasteiger partial charge is 0.422 e. The van der Waals surface area contributed by atoms with E-state index in [0.29, 0.717) is 15.9 Å². The van der Waals surface area contributed by atoms with Gasteiger partial charge in [-0.1, -0.05) is 54.1 Å². The quantitative estimate of drug-likeness (QED) is 0.0990. The summed E-state index contributed by atoms with van der Waals surface area (Å²) in [6, 6.07) is 18.2. The molecule has 2 aromatic heterocycles. The van der Waals surface area contributed by atoms with E-state index >= 15 is 4.39 Å². The molecule has 1 unspecified atom stereocenters. The van der Waals surface area contributed by atoms with Crippen molar-refractivity contribution >= 4 is 17.6 Å². The van der Waals surface area contributed by atoms with Crippen LogP contribution in [0.15, 0.2) is 91.4 Å². The molecule has 0 spiro atoms. The normalized spacial score (nSPS) is 12.1. The van der Waals surface area contributed by atoms with Crippen LogP contribution >= 0.6 is 11.6 Å². The number of hydrogen-bond acceptors (Lipinski definition) is 5. The number of pyridine rings is 1. The van der Waals surface area contributed by atoms with E-state index in [0.717, 1.165) is 23.9 Å². The molecule has 0 aliphatic heterocycles. The van der Waals surface area contributed by atoms with Gasteiger partial charge in [0, 0.05) is 18.2 Å². The van der Waals surface area contributed by atoms with Crippen LogP contribution in [0.25, 0.3) is 22.3 Å². The number of rotatable bonds is 10. The topological polar surface area (TPSA) is 101 Å². The highest BCUT2D eigenvalue weighted by Crippen LogP contribution is 2.41. The minimum Gasteiger partial charge on any atom is -0.618 e. The Balaban J connectivity index is 1.61. The summed E-state index contributed by atoms with van der Waals surface area (Å²) < 4.78 is 66.6. The summed E-state index contributed by atoms with van der Waals surface area (Å²) in [7, 11) is 1.27. The fraction of sp³-hybridized carbons (Fsp3) is 0.156. The zero-order chi connectivity index (χ0) is 32.3. The molecule has 0 aliphatic rings. The Bertz CT molecular complexity index is 1830.